The fraction of sp³-hybridized carbons (Fsp3) is 0.469. The zero-order valence-corrected chi connectivity index (χ0v) is 24.5. The molecule has 5 aliphatic rings. The smallest absolute Gasteiger partial charge is 0.431 e. The van der Waals surface area contributed by atoms with Crippen LogP contribution < -0.4 is 20.5 Å². The summed E-state index contributed by atoms with van der Waals surface area (Å²) in [6, 6.07) is 2.69. The Morgan fingerprint density at radius 3 is 2.74 bits per heavy atom. The van der Waals surface area contributed by atoms with E-state index in [1.54, 1.807) is 4.90 Å². The number of phenols is 1. The summed E-state index contributed by atoms with van der Waals surface area (Å²) in [5, 5.41) is 12.4. The highest BCUT2D eigenvalue weighted by Crippen LogP contribution is 2.42. The molecule has 0 radical (unpaired) electrons. The summed E-state index contributed by atoms with van der Waals surface area (Å²) in [5.74, 6) is -3.89. The number of hydrogen-bond donors (Lipinski definition) is 2. The van der Waals surface area contributed by atoms with Gasteiger partial charge in [0, 0.05) is 52.3 Å². The zero-order valence-electron chi connectivity index (χ0n) is 29.5. The Balaban J connectivity index is 1.39. The molecule has 0 aliphatic carbocycles. The van der Waals surface area contributed by atoms with Crippen LogP contribution in [-0.4, -0.2) is 81.0 Å². The van der Waals surface area contributed by atoms with Gasteiger partial charge in [0.1, 0.15) is 35.5 Å². The van der Waals surface area contributed by atoms with Crippen molar-refractivity contribution in [1.82, 2.24) is 24.8 Å². The Morgan fingerprint density at radius 1 is 1.19 bits per heavy atom. The number of nitrogens with one attached hydrogen (secondary N) is 1. The van der Waals surface area contributed by atoms with E-state index in [0.717, 1.165) is 23.5 Å². The summed E-state index contributed by atoms with van der Waals surface area (Å²) in [6.07, 6.45) is -7.99. The van der Waals surface area contributed by atoms with Gasteiger partial charge in [-0.25, -0.2) is 13.2 Å². The first-order valence-electron chi connectivity index (χ1n) is 17.5. The Morgan fingerprint density at radius 2 is 2.02 bits per heavy atom. The molecule has 5 fully saturated rings. The number of benzene rings is 2. The van der Waals surface area contributed by atoms with E-state index in [1.807, 2.05) is 0 Å². The third-order valence-corrected chi connectivity index (χ3v) is 9.46. The number of anilines is 1. The van der Waals surface area contributed by atoms with E-state index in [1.165, 1.54) is 0 Å². The second-order valence-electron chi connectivity index (χ2n) is 12.3. The van der Waals surface area contributed by atoms with Crippen LogP contribution in [0.4, 0.5) is 32.2 Å². The number of pyridine rings is 1. The van der Waals surface area contributed by atoms with Gasteiger partial charge in [-0.3, -0.25) is 14.3 Å². The van der Waals surface area contributed by atoms with Gasteiger partial charge < -0.3 is 20.1 Å². The first kappa shape index (κ1) is 25.0. The van der Waals surface area contributed by atoms with Crippen LogP contribution in [0.15, 0.2) is 35.1 Å². The van der Waals surface area contributed by atoms with Gasteiger partial charge in [0.15, 0.2) is 11.6 Å². The molecule has 0 saturated carbocycles. The molecule has 4 atom stereocenters. The van der Waals surface area contributed by atoms with Crippen LogP contribution in [0.1, 0.15) is 44.7 Å². The number of alkyl halides is 4. The maximum absolute atomic E-state index is 15.3. The number of hydrogen-bond acceptors (Lipinski definition) is 8. The van der Waals surface area contributed by atoms with E-state index < -0.39 is 101 Å². The van der Waals surface area contributed by atoms with Crippen LogP contribution in [0, 0.1) is 11.6 Å². The summed E-state index contributed by atoms with van der Waals surface area (Å²) in [5.41, 5.74) is -6.75. The first-order chi connectivity index (χ1) is 24.2. The largest absolute Gasteiger partial charge is 0.508 e. The molecule has 9 nitrogen and oxygen atoms in total. The Labute approximate surface area is 270 Å². The number of halogens is 6. The van der Waals surface area contributed by atoms with E-state index in [2.05, 4.69) is 15.3 Å². The third-order valence-electron chi connectivity index (χ3n) is 9.46. The minimum absolute atomic E-state index is 0.0481. The van der Waals surface area contributed by atoms with E-state index in [0.29, 0.717) is 31.2 Å². The summed E-state index contributed by atoms with van der Waals surface area (Å²) in [7, 11) is 0. The Bertz CT molecular complexity index is 2220. The predicted octanol–water partition coefficient (Wildman–Crippen LogP) is 4.83. The van der Waals surface area contributed by atoms with Crippen molar-refractivity contribution in [2.75, 3.05) is 37.6 Å². The highest BCUT2D eigenvalue weighted by atomic mass is 19.4. The lowest BCUT2D eigenvalue weighted by Crippen LogP contribution is -2.61. The van der Waals surface area contributed by atoms with E-state index >= 15 is 8.78 Å². The van der Waals surface area contributed by atoms with Crippen molar-refractivity contribution in [3.8, 4) is 17.4 Å². The second kappa shape index (κ2) is 10.7. The lowest BCUT2D eigenvalue weighted by Gasteiger charge is -2.46. The zero-order chi connectivity index (χ0) is 37.3. The Hall–Kier alpha value is -4.11. The number of aromatic hydroxyl groups is 1. The van der Waals surface area contributed by atoms with Gasteiger partial charge in [-0.1, -0.05) is 6.07 Å². The normalized spacial score (nSPS) is 30.6. The molecule has 4 aromatic rings. The van der Waals surface area contributed by atoms with Crippen LogP contribution in [0.5, 0.6) is 11.8 Å². The summed E-state index contributed by atoms with van der Waals surface area (Å²) < 4.78 is 138. The monoisotopic (exact) mass is 665 g/mol. The van der Waals surface area contributed by atoms with E-state index in [-0.39, 0.29) is 47.2 Å². The highest BCUT2D eigenvalue weighted by Gasteiger charge is 2.49. The summed E-state index contributed by atoms with van der Waals surface area (Å²) in [6.45, 7) is -5.34. The van der Waals surface area contributed by atoms with Crippen LogP contribution in [0.3, 0.4) is 0 Å². The van der Waals surface area contributed by atoms with Crippen molar-refractivity contribution in [2.45, 2.75) is 62.1 Å². The van der Waals surface area contributed by atoms with Crippen LogP contribution in [0.2, 0.25) is 0 Å². The van der Waals surface area contributed by atoms with Crippen molar-refractivity contribution < 1.29 is 43.0 Å². The molecule has 248 valence electrons. The molecule has 2 unspecified atom stereocenters. The quantitative estimate of drug-likeness (QED) is 0.293. The first-order valence-corrected chi connectivity index (χ1v) is 15.0. The molecule has 0 spiro atoms. The average Bonchev–Trinajstić information content (AvgIpc) is 3.51. The molecule has 5 saturated heterocycles. The number of fused-ring (bicyclic) bond motifs is 6. The lowest BCUT2D eigenvalue weighted by molar-refractivity contribution is -0.142. The van der Waals surface area contributed by atoms with Crippen LogP contribution in [-0.2, 0) is 6.18 Å². The van der Waals surface area contributed by atoms with Gasteiger partial charge in [0.05, 0.1) is 20.7 Å². The summed E-state index contributed by atoms with van der Waals surface area (Å²) >= 11 is 0. The molecule has 2 N–H and O–H groups in total. The molecular formula is C32H30F6N6O3. The fourth-order valence-corrected chi connectivity index (χ4v) is 7.27. The molecule has 0 amide bonds. The van der Waals surface area contributed by atoms with Crippen molar-refractivity contribution in [3.63, 3.8) is 0 Å². The molecule has 47 heavy (non-hydrogen) atoms. The number of piperazine rings is 1. The average molecular weight is 666 g/mol. The molecular weight excluding hydrogens is 630 g/mol. The third kappa shape index (κ3) is 4.88. The van der Waals surface area contributed by atoms with Gasteiger partial charge in [0.25, 0.3) is 5.56 Å². The van der Waals surface area contributed by atoms with Gasteiger partial charge >= 0.3 is 12.2 Å². The molecule has 7 heterocycles. The molecule has 2 aromatic heterocycles. The minimum Gasteiger partial charge on any atom is -0.508 e. The van der Waals surface area contributed by atoms with Crippen molar-refractivity contribution in [1.29, 1.82) is 0 Å². The molecule has 15 heteroatoms. The minimum atomic E-state index is -5.29. The number of rotatable bonds is 5. The van der Waals surface area contributed by atoms with Gasteiger partial charge in [-0.05, 0) is 55.8 Å². The van der Waals surface area contributed by atoms with Crippen LogP contribution in [0.25, 0.3) is 27.4 Å². The molecule has 9 rings (SSSR count). The lowest BCUT2D eigenvalue weighted by atomic mass is 9.93. The van der Waals surface area contributed by atoms with Crippen LogP contribution >= 0.6 is 0 Å². The topological polar surface area (TPSA) is 95.8 Å². The number of nitrogens with zero attached hydrogens (tertiary/aromatic N) is 5. The standard InChI is InChI=1S/C32H30F6N6O3/c33-17-11-31(6-1-7-42(31)13-17)15-47-30-40-27-21(28(41-30)43-14-18-3-4-19(43)12-39-18)10-24(32(36,37)38)44(29(27)46)23-9-20(45)8-16-2-5-22(34)26(35)25(16)23/h2,5,8-10,17-19,39,45H,1,3-4,6-7,11-15H2/t17-,18?,19?,31+/m1/s1/i7D2,15D2,17D. The second-order valence-corrected chi connectivity index (χ2v) is 12.3. The molecule has 5 aliphatic heterocycles. The van der Waals surface area contributed by atoms with Gasteiger partial charge in [-0.15, -0.1) is 0 Å². The van der Waals surface area contributed by atoms with Gasteiger partial charge in [0.2, 0.25) is 0 Å². The molecule has 2 bridgehead atoms. The maximum atomic E-state index is 15.3. The van der Waals surface area contributed by atoms with Crippen molar-refractivity contribution in [2.24, 2.45) is 0 Å². The van der Waals surface area contributed by atoms with E-state index in [4.69, 9.17) is 11.6 Å². The number of ether oxygens (including phenoxy) is 1. The highest BCUT2D eigenvalue weighted by molar-refractivity contribution is 5.94. The number of piperidine rings is 2. The van der Waals surface area contributed by atoms with Crippen molar-refractivity contribution in [3.05, 3.63) is 58.0 Å². The number of phenolic OH excluding ortho intramolecular Hbond substituents is 1. The van der Waals surface area contributed by atoms with Gasteiger partial charge in [-0.2, -0.15) is 23.1 Å². The fourth-order valence-electron chi connectivity index (χ4n) is 7.27. The van der Waals surface area contributed by atoms with E-state index in [9.17, 15) is 27.5 Å². The SMILES string of the molecule is [2H]C1([2H])CC[C@@]2(C([2H])([2H])Oc3nc(N4CC5CCC4CN5)c4cc(C(F)(F)F)n(-c5cc(O)cc6ccc(F)c(F)c56)c(=O)c4n3)C[C@@]([2H])(F)CN12. The Kier molecular flexibility index (Phi) is 5.69. The number of aromatic nitrogens is 3. The maximum Gasteiger partial charge on any atom is 0.431 e. The molecule has 2 aromatic carbocycles. The van der Waals surface area contributed by atoms with Crippen molar-refractivity contribution >= 4 is 27.5 Å². The predicted molar refractivity (Wildman–Crippen MR) is 160 cm³/mol. The summed E-state index contributed by atoms with van der Waals surface area (Å²) in [4.78, 5) is 25.4.